The Hall–Kier alpha value is -1.19. The maximum Gasteiger partial charge on any atom is 0.129 e. The van der Waals surface area contributed by atoms with E-state index in [1.807, 2.05) is 19.2 Å². The summed E-state index contributed by atoms with van der Waals surface area (Å²) in [5.41, 5.74) is 3.06. The van der Waals surface area contributed by atoms with Crippen LogP contribution in [0.5, 0.6) is 0 Å². The number of nitrogens with one attached hydrogen (secondary N) is 1. The minimum atomic E-state index is -0.198. The highest BCUT2D eigenvalue weighted by Gasteiger charge is 2.16. The normalized spacial score (nSPS) is 12.4. The highest BCUT2D eigenvalue weighted by atomic mass is 79.9. The fourth-order valence-corrected chi connectivity index (χ4v) is 2.74. The summed E-state index contributed by atoms with van der Waals surface area (Å²) in [6.45, 7) is 2.17. The molecule has 0 aromatic heterocycles. The number of benzene rings is 2. The Morgan fingerprint density at radius 3 is 2.40 bits per heavy atom. The second kappa shape index (κ2) is 7.00. The highest BCUT2D eigenvalue weighted by Crippen LogP contribution is 2.26. The first kappa shape index (κ1) is 15.2. The van der Waals surface area contributed by atoms with Crippen LogP contribution in [-0.2, 0) is 6.42 Å². The lowest BCUT2D eigenvalue weighted by Crippen LogP contribution is -2.19. The topological polar surface area (TPSA) is 12.0 Å². The minimum absolute atomic E-state index is 0.126. The molecule has 1 atom stereocenters. The lowest BCUT2D eigenvalue weighted by atomic mass is 9.97. The average molecular weight is 336 g/mol. The molecular weight excluding hydrogens is 317 g/mol. The molecule has 0 amide bonds. The molecule has 2 aromatic rings. The van der Waals surface area contributed by atoms with Crippen LogP contribution in [-0.4, -0.2) is 7.05 Å². The van der Waals surface area contributed by atoms with E-state index >= 15 is 0 Å². The van der Waals surface area contributed by atoms with Crippen molar-refractivity contribution in [2.75, 3.05) is 7.05 Å². The molecule has 106 valence electrons. The summed E-state index contributed by atoms with van der Waals surface area (Å²) in [5.74, 6) is -0.198. The summed E-state index contributed by atoms with van der Waals surface area (Å²) in [6, 6.07) is 13.5. The van der Waals surface area contributed by atoms with Gasteiger partial charge in [-0.25, -0.2) is 4.39 Å². The molecule has 1 N–H and O–H groups in total. The van der Waals surface area contributed by atoms with Crippen molar-refractivity contribution in [3.63, 3.8) is 0 Å². The first-order valence-electron chi connectivity index (χ1n) is 6.86. The zero-order chi connectivity index (χ0) is 14.5. The molecule has 0 radical (unpaired) electrons. The molecule has 0 aliphatic carbocycles. The third-order valence-corrected chi connectivity index (χ3v) is 3.91. The van der Waals surface area contributed by atoms with Crippen LogP contribution < -0.4 is 5.32 Å². The van der Waals surface area contributed by atoms with Crippen LogP contribution in [0.2, 0.25) is 0 Å². The van der Waals surface area contributed by atoms with Gasteiger partial charge in [0.2, 0.25) is 0 Å². The Labute approximate surface area is 128 Å². The molecule has 3 heteroatoms. The molecule has 0 aliphatic rings. The maximum absolute atomic E-state index is 14.1. The lowest BCUT2D eigenvalue weighted by Gasteiger charge is -2.18. The summed E-state index contributed by atoms with van der Waals surface area (Å²) in [7, 11) is 1.85. The summed E-state index contributed by atoms with van der Waals surface area (Å²) in [4.78, 5) is 0. The van der Waals surface area contributed by atoms with Gasteiger partial charge < -0.3 is 5.32 Å². The highest BCUT2D eigenvalue weighted by molar-refractivity contribution is 9.10. The van der Waals surface area contributed by atoms with E-state index in [0.29, 0.717) is 5.56 Å². The van der Waals surface area contributed by atoms with Crippen molar-refractivity contribution >= 4 is 15.9 Å². The van der Waals surface area contributed by atoms with Gasteiger partial charge in [-0.15, -0.1) is 0 Å². The monoisotopic (exact) mass is 335 g/mol. The summed E-state index contributed by atoms with van der Waals surface area (Å²) in [6.07, 6.45) is 2.22. The van der Waals surface area contributed by atoms with Gasteiger partial charge in [-0.2, -0.15) is 0 Å². The van der Waals surface area contributed by atoms with Crippen molar-refractivity contribution in [3.05, 3.63) is 69.4 Å². The molecule has 1 unspecified atom stereocenters. The first-order chi connectivity index (χ1) is 9.65. The van der Waals surface area contributed by atoms with E-state index in [9.17, 15) is 4.39 Å². The van der Waals surface area contributed by atoms with Gasteiger partial charge in [-0.1, -0.05) is 59.6 Å². The fraction of sp³-hybridized carbons (Fsp3) is 0.294. The SMILES string of the molecule is CCCc1ccc(C(NC)c2ccc(Br)cc2F)cc1. The standard InChI is InChI=1S/C17H19BrFN/c1-3-4-12-5-7-13(8-6-12)17(20-2)15-10-9-14(18)11-16(15)19/h5-11,17,20H,3-4H2,1-2H3. The third kappa shape index (κ3) is 3.47. The number of hydrogen-bond donors (Lipinski definition) is 1. The molecular formula is C17H19BrFN. The van der Waals surface area contributed by atoms with Gasteiger partial charge in [0, 0.05) is 10.0 Å². The average Bonchev–Trinajstić information content (AvgIpc) is 2.44. The summed E-state index contributed by atoms with van der Waals surface area (Å²) in [5, 5.41) is 3.19. The Bertz CT molecular complexity index is 566. The Morgan fingerprint density at radius 2 is 1.85 bits per heavy atom. The quantitative estimate of drug-likeness (QED) is 0.823. The van der Waals surface area contributed by atoms with E-state index < -0.39 is 0 Å². The predicted octanol–water partition coefficient (Wildman–Crippen LogP) is 4.85. The van der Waals surface area contributed by atoms with Gasteiger partial charge >= 0.3 is 0 Å². The van der Waals surface area contributed by atoms with Gasteiger partial charge in [-0.05, 0) is 36.7 Å². The van der Waals surface area contributed by atoms with Gasteiger partial charge in [0.15, 0.2) is 0 Å². The number of halogens is 2. The molecule has 1 nitrogen and oxygen atoms in total. The van der Waals surface area contributed by atoms with E-state index in [4.69, 9.17) is 0 Å². The number of hydrogen-bond acceptors (Lipinski definition) is 1. The molecule has 20 heavy (non-hydrogen) atoms. The van der Waals surface area contributed by atoms with Gasteiger partial charge in [-0.3, -0.25) is 0 Å². The predicted molar refractivity (Wildman–Crippen MR) is 85.4 cm³/mol. The van der Waals surface area contributed by atoms with Crippen LogP contribution in [0.1, 0.15) is 36.1 Å². The lowest BCUT2D eigenvalue weighted by molar-refractivity contribution is 0.575. The second-order valence-electron chi connectivity index (χ2n) is 4.88. The molecule has 0 spiro atoms. The number of aryl methyl sites for hydroxylation is 1. The molecule has 0 saturated heterocycles. The van der Waals surface area contributed by atoms with E-state index in [1.54, 1.807) is 0 Å². The van der Waals surface area contributed by atoms with Crippen molar-refractivity contribution in [1.29, 1.82) is 0 Å². The maximum atomic E-state index is 14.1. The largest absolute Gasteiger partial charge is 0.309 e. The van der Waals surface area contributed by atoms with Crippen LogP contribution in [0.3, 0.4) is 0 Å². The van der Waals surface area contributed by atoms with Crippen LogP contribution in [0.25, 0.3) is 0 Å². The van der Waals surface area contributed by atoms with Crippen LogP contribution in [0.4, 0.5) is 4.39 Å². The molecule has 2 rings (SSSR count). The Morgan fingerprint density at radius 1 is 1.15 bits per heavy atom. The van der Waals surface area contributed by atoms with E-state index in [1.165, 1.54) is 11.6 Å². The molecule has 2 aromatic carbocycles. The molecule has 0 aliphatic heterocycles. The third-order valence-electron chi connectivity index (χ3n) is 3.41. The first-order valence-corrected chi connectivity index (χ1v) is 7.66. The Balaban J connectivity index is 2.31. The van der Waals surface area contributed by atoms with E-state index in [2.05, 4.69) is 52.4 Å². The zero-order valence-electron chi connectivity index (χ0n) is 11.8. The summed E-state index contributed by atoms with van der Waals surface area (Å²) < 4.78 is 14.9. The van der Waals surface area contributed by atoms with Gasteiger partial charge in [0.05, 0.1) is 6.04 Å². The number of rotatable bonds is 5. The summed E-state index contributed by atoms with van der Waals surface area (Å²) >= 11 is 3.29. The van der Waals surface area contributed by atoms with Crippen LogP contribution in [0.15, 0.2) is 46.9 Å². The van der Waals surface area contributed by atoms with Crippen molar-refractivity contribution in [2.45, 2.75) is 25.8 Å². The molecule has 0 saturated carbocycles. The Kier molecular flexibility index (Phi) is 5.32. The minimum Gasteiger partial charge on any atom is -0.309 e. The van der Waals surface area contributed by atoms with Crippen LogP contribution >= 0.6 is 15.9 Å². The molecule has 0 fully saturated rings. The zero-order valence-corrected chi connectivity index (χ0v) is 13.4. The van der Waals surface area contributed by atoms with Gasteiger partial charge in [0.25, 0.3) is 0 Å². The second-order valence-corrected chi connectivity index (χ2v) is 5.79. The van der Waals surface area contributed by atoms with E-state index in [0.717, 1.165) is 22.9 Å². The van der Waals surface area contributed by atoms with Crippen molar-refractivity contribution in [2.24, 2.45) is 0 Å². The van der Waals surface area contributed by atoms with Crippen LogP contribution in [0, 0.1) is 5.82 Å². The smallest absolute Gasteiger partial charge is 0.129 e. The fourth-order valence-electron chi connectivity index (χ4n) is 2.40. The van der Waals surface area contributed by atoms with Crippen molar-refractivity contribution in [1.82, 2.24) is 5.32 Å². The van der Waals surface area contributed by atoms with Crippen molar-refractivity contribution < 1.29 is 4.39 Å². The molecule has 0 bridgehead atoms. The van der Waals surface area contributed by atoms with Gasteiger partial charge in [0.1, 0.15) is 5.82 Å². The molecule has 0 heterocycles. The van der Waals surface area contributed by atoms with E-state index in [-0.39, 0.29) is 11.9 Å². The van der Waals surface area contributed by atoms with Crippen molar-refractivity contribution in [3.8, 4) is 0 Å².